The van der Waals surface area contributed by atoms with Crippen LogP contribution in [-0.2, 0) is 20.9 Å². The molecular formula is C19H17NO5. The number of hydrogen-bond donors (Lipinski definition) is 0. The lowest BCUT2D eigenvalue weighted by Crippen LogP contribution is -2.28. The van der Waals surface area contributed by atoms with Crippen LogP contribution in [0.2, 0.25) is 0 Å². The van der Waals surface area contributed by atoms with Crippen molar-refractivity contribution in [3.8, 4) is 5.75 Å². The van der Waals surface area contributed by atoms with Gasteiger partial charge in [-0.3, -0.25) is 14.5 Å². The maximum atomic E-state index is 12.2. The fourth-order valence-electron chi connectivity index (χ4n) is 2.66. The molecule has 1 aliphatic heterocycles. The summed E-state index contributed by atoms with van der Waals surface area (Å²) in [4.78, 5) is 36.8. The number of esters is 1. The van der Waals surface area contributed by atoms with Crippen molar-refractivity contribution in [2.45, 2.75) is 19.4 Å². The van der Waals surface area contributed by atoms with Crippen molar-refractivity contribution in [3.63, 3.8) is 0 Å². The van der Waals surface area contributed by atoms with E-state index >= 15 is 0 Å². The molecule has 0 atom stereocenters. The van der Waals surface area contributed by atoms with Crippen LogP contribution in [0, 0.1) is 0 Å². The van der Waals surface area contributed by atoms with Crippen LogP contribution in [0.3, 0.4) is 0 Å². The minimum atomic E-state index is -0.489. The Kier molecular flexibility index (Phi) is 4.79. The van der Waals surface area contributed by atoms with Crippen molar-refractivity contribution in [2.75, 3.05) is 12.0 Å². The highest BCUT2D eigenvalue weighted by atomic mass is 16.5. The van der Waals surface area contributed by atoms with E-state index in [1.807, 2.05) is 18.2 Å². The molecule has 1 saturated heterocycles. The molecule has 0 N–H and O–H groups in total. The zero-order valence-corrected chi connectivity index (χ0v) is 13.7. The maximum absolute atomic E-state index is 12.2. The maximum Gasteiger partial charge on any atom is 0.338 e. The summed E-state index contributed by atoms with van der Waals surface area (Å²) in [5, 5.41) is 0. The van der Waals surface area contributed by atoms with Gasteiger partial charge in [0, 0.05) is 18.4 Å². The summed E-state index contributed by atoms with van der Waals surface area (Å²) < 4.78 is 10.5. The molecule has 0 bridgehead atoms. The third kappa shape index (κ3) is 3.52. The van der Waals surface area contributed by atoms with Gasteiger partial charge >= 0.3 is 5.97 Å². The highest BCUT2D eigenvalue weighted by Gasteiger charge is 2.30. The fraction of sp³-hybridized carbons (Fsp3) is 0.211. The van der Waals surface area contributed by atoms with E-state index < -0.39 is 5.97 Å². The molecule has 0 spiro atoms. The van der Waals surface area contributed by atoms with Crippen LogP contribution >= 0.6 is 0 Å². The predicted octanol–water partition coefficient (Wildman–Crippen LogP) is 2.71. The second kappa shape index (κ2) is 7.17. The van der Waals surface area contributed by atoms with E-state index in [9.17, 15) is 14.4 Å². The second-order valence-corrected chi connectivity index (χ2v) is 5.56. The molecule has 2 amide bonds. The second-order valence-electron chi connectivity index (χ2n) is 5.56. The Hall–Kier alpha value is -3.15. The Morgan fingerprint density at radius 2 is 1.64 bits per heavy atom. The van der Waals surface area contributed by atoms with Gasteiger partial charge in [-0.2, -0.15) is 0 Å². The normalized spacial score (nSPS) is 13.9. The van der Waals surface area contributed by atoms with Gasteiger partial charge in [-0.1, -0.05) is 18.2 Å². The molecule has 6 nitrogen and oxygen atoms in total. The van der Waals surface area contributed by atoms with E-state index in [2.05, 4.69) is 0 Å². The van der Waals surface area contributed by atoms with Crippen molar-refractivity contribution < 1.29 is 23.9 Å². The van der Waals surface area contributed by atoms with Crippen molar-refractivity contribution in [1.29, 1.82) is 0 Å². The lowest BCUT2D eigenvalue weighted by molar-refractivity contribution is -0.121. The Morgan fingerprint density at radius 3 is 2.28 bits per heavy atom. The summed E-state index contributed by atoms with van der Waals surface area (Å²) in [5.74, 6) is -0.291. The number of imide groups is 1. The van der Waals surface area contributed by atoms with Crippen LogP contribution < -0.4 is 9.64 Å². The molecule has 1 heterocycles. The molecular weight excluding hydrogens is 322 g/mol. The smallest absolute Gasteiger partial charge is 0.338 e. The summed E-state index contributed by atoms with van der Waals surface area (Å²) in [6.45, 7) is 0.0910. The molecule has 25 heavy (non-hydrogen) atoms. The number of nitrogens with zero attached hydrogens (tertiary/aromatic N) is 1. The first-order chi connectivity index (χ1) is 12.1. The zero-order chi connectivity index (χ0) is 17.8. The van der Waals surface area contributed by atoms with E-state index in [4.69, 9.17) is 9.47 Å². The molecule has 0 aliphatic carbocycles. The first-order valence-electron chi connectivity index (χ1n) is 7.85. The predicted molar refractivity (Wildman–Crippen MR) is 90.3 cm³/mol. The number of hydrogen-bond acceptors (Lipinski definition) is 5. The molecule has 0 aromatic heterocycles. The SMILES string of the molecule is COc1ccccc1COC(=O)c1ccc(N2C(=O)CCC2=O)cc1. The van der Waals surface area contributed by atoms with E-state index in [1.165, 1.54) is 0 Å². The average Bonchev–Trinajstić information content (AvgIpc) is 2.98. The minimum absolute atomic E-state index is 0.0910. The molecule has 2 aromatic rings. The van der Waals surface area contributed by atoms with Crippen molar-refractivity contribution in [2.24, 2.45) is 0 Å². The van der Waals surface area contributed by atoms with E-state index in [0.717, 1.165) is 10.5 Å². The van der Waals surface area contributed by atoms with E-state index in [0.29, 0.717) is 17.0 Å². The number of ether oxygens (including phenoxy) is 2. The number of benzene rings is 2. The monoisotopic (exact) mass is 339 g/mol. The summed E-state index contributed by atoms with van der Waals surface area (Å²) in [7, 11) is 1.56. The molecule has 0 saturated carbocycles. The zero-order valence-electron chi connectivity index (χ0n) is 13.7. The largest absolute Gasteiger partial charge is 0.496 e. The summed E-state index contributed by atoms with van der Waals surface area (Å²) >= 11 is 0. The quantitative estimate of drug-likeness (QED) is 0.618. The number of para-hydroxylation sites is 1. The average molecular weight is 339 g/mol. The van der Waals surface area contributed by atoms with Gasteiger partial charge in [0.15, 0.2) is 0 Å². The Morgan fingerprint density at radius 1 is 1.00 bits per heavy atom. The molecule has 1 aliphatic rings. The van der Waals surface area contributed by atoms with Crippen molar-refractivity contribution >= 4 is 23.5 Å². The van der Waals surface area contributed by atoms with Crippen molar-refractivity contribution in [1.82, 2.24) is 0 Å². The Labute approximate surface area is 145 Å². The van der Waals surface area contributed by atoms with Crippen molar-refractivity contribution in [3.05, 3.63) is 59.7 Å². The van der Waals surface area contributed by atoms with Crippen LogP contribution in [0.1, 0.15) is 28.8 Å². The molecule has 2 aromatic carbocycles. The molecule has 1 fully saturated rings. The van der Waals surface area contributed by atoms with Gasteiger partial charge in [0.2, 0.25) is 11.8 Å². The molecule has 0 unspecified atom stereocenters. The summed E-state index contributed by atoms with van der Waals surface area (Å²) in [6, 6.07) is 13.5. The molecule has 3 rings (SSSR count). The number of carbonyl (C=O) groups excluding carboxylic acids is 3. The van der Waals surface area contributed by atoms with Gasteiger partial charge in [0.1, 0.15) is 12.4 Å². The number of carbonyl (C=O) groups is 3. The van der Waals surface area contributed by atoms with E-state index in [-0.39, 0.29) is 31.3 Å². The summed E-state index contributed by atoms with van der Waals surface area (Å²) in [5.41, 5.74) is 1.58. The number of rotatable bonds is 5. The highest BCUT2D eigenvalue weighted by Crippen LogP contribution is 2.23. The minimum Gasteiger partial charge on any atom is -0.496 e. The van der Waals surface area contributed by atoms with Gasteiger partial charge < -0.3 is 9.47 Å². The fourth-order valence-corrected chi connectivity index (χ4v) is 2.66. The van der Waals surface area contributed by atoms with Crippen LogP contribution in [0.4, 0.5) is 5.69 Å². The molecule has 0 radical (unpaired) electrons. The lowest BCUT2D eigenvalue weighted by Gasteiger charge is -2.14. The van der Waals surface area contributed by atoms with Gasteiger partial charge in [0.05, 0.1) is 18.4 Å². The first kappa shape index (κ1) is 16.7. The molecule has 6 heteroatoms. The van der Waals surface area contributed by atoms with Gasteiger partial charge in [-0.15, -0.1) is 0 Å². The number of amides is 2. The third-order valence-electron chi connectivity index (χ3n) is 3.96. The van der Waals surface area contributed by atoms with Gasteiger partial charge in [-0.05, 0) is 30.3 Å². The van der Waals surface area contributed by atoms with E-state index in [1.54, 1.807) is 37.4 Å². The van der Waals surface area contributed by atoms with Crippen LogP contribution in [-0.4, -0.2) is 24.9 Å². The Bertz CT molecular complexity index is 797. The standard InChI is InChI=1S/C19H17NO5/c1-24-16-5-3-2-4-14(16)12-25-19(23)13-6-8-15(9-7-13)20-17(21)10-11-18(20)22/h2-9H,10-12H2,1H3. The van der Waals surface area contributed by atoms with Gasteiger partial charge in [0.25, 0.3) is 0 Å². The third-order valence-corrected chi connectivity index (χ3v) is 3.96. The van der Waals surface area contributed by atoms with Crippen LogP contribution in [0.25, 0.3) is 0 Å². The summed E-state index contributed by atoms with van der Waals surface area (Å²) in [6.07, 6.45) is 0.447. The topological polar surface area (TPSA) is 72.9 Å². The highest BCUT2D eigenvalue weighted by molar-refractivity contribution is 6.19. The number of methoxy groups -OCH3 is 1. The Balaban J connectivity index is 1.67. The van der Waals surface area contributed by atoms with Crippen LogP contribution in [0.5, 0.6) is 5.75 Å². The van der Waals surface area contributed by atoms with Crippen LogP contribution in [0.15, 0.2) is 48.5 Å². The molecule has 128 valence electrons. The first-order valence-corrected chi connectivity index (χ1v) is 7.85. The van der Waals surface area contributed by atoms with Gasteiger partial charge in [-0.25, -0.2) is 4.79 Å². The lowest BCUT2D eigenvalue weighted by atomic mass is 10.2. The number of anilines is 1.